The van der Waals surface area contributed by atoms with Gasteiger partial charge in [-0.05, 0) is 42.8 Å². The summed E-state index contributed by atoms with van der Waals surface area (Å²) in [7, 11) is -3.71. The highest BCUT2D eigenvalue weighted by atomic mass is 32.2. The summed E-state index contributed by atoms with van der Waals surface area (Å²) in [5.74, 6) is -0.106. The number of H-pyrrole nitrogens is 1. The van der Waals surface area contributed by atoms with Gasteiger partial charge in [0.05, 0.1) is 10.5 Å². The van der Waals surface area contributed by atoms with Crippen molar-refractivity contribution in [2.75, 3.05) is 31.1 Å². The van der Waals surface area contributed by atoms with Crippen LogP contribution in [0, 0.1) is 6.92 Å². The van der Waals surface area contributed by atoms with Crippen LogP contribution in [0.2, 0.25) is 0 Å². The number of hydrogen-bond acceptors (Lipinski definition) is 6. The molecule has 1 amide bonds. The van der Waals surface area contributed by atoms with Crippen molar-refractivity contribution in [1.29, 1.82) is 0 Å². The van der Waals surface area contributed by atoms with E-state index in [0.717, 1.165) is 0 Å². The molecule has 1 aliphatic heterocycles. The Balaban J connectivity index is 1.58. The molecule has 4 rings (SSSR count). The molecule has 0 saturated carbocycles. The zero-order chi connectivity index (χ0) is 21.5. The predicted octanol–water partition coefficient (Wildman–Crippen LogP) is 0.841. The number of nitrogens with two attached hydrogens (primary N) is 1. The molecular weight excluding hydrogens is 406 g/mol. The van der Waals surface area contributed by atoms with Crippen molar-refractivity contribution in [3.05, 3.63) is 64.1 Å². The third-order valence-electron chi connectivity index (χ3n) is 5.25. The molecular formula is C20H21N5O4S. The van der Waals surface area contributed by atoms with Crippen LogP contribution in [-0.4, -0.2) is 54.8 Å². The first-order valence-electron chi connectivity index (χ1n) is 9.41. The largest absolute Gasteiger partial charge is 0.365 e. The highest BCUT2D eigenvalue weighted by Gasteiger charge is 2.30. The first kappa shape index (κ1) is 20.0. The molecule has 3 aromatic rings. The topological polar surface area (TPSA) is 129 Å². The second-order valence-electron chi connectivity index (χ2n) is 7.15. The SMILES string of the molecule is Cc1cc(=O)[nH]c2ccc(S(=O)(=O)N3CCN(c4ncccc4C(N)=O)CC3)cc12. The number of nitrogens with zero attached hydrogens (tertiary/aromatic N) is 3. The Labute approximate surface area is 173 Å². The summed E-state index contributed by atoms with van der Waals surface area (Å²) >= 11 is 0. The molecule has 9 nitrogen and oxygen atoms in total. The van der Waals surface area contributed by atoms with Gasteiger partial charge >= 0.3 is 0 Å². The molecule has 0 aliphatic carbocycles. The fourth-order valence-corrected chi connectivity index (χ4v) is 5.14. The zero-order valence-electron chi connectivity index (χ0n) is 16.3. The first-order valence-corrected chi connectivity index (χ1v) is 10.8. The number of anilines is 1. The summed E-state index contributed by atoms with van der Waals surface area (Å²) in [6.07, 6.45) is 1.58. The van der Waals surface area contributed by atoms with Crippen LogP contribution in [0.1, 0.15) is 15.9 Å². The van der Waals surface area contributed by atoms with Gasteiger partial charge in [0.1, 0.15) is 5.82 Å². The smallest absolute Gasteiger partial charge is 0.252 e. The maximum Gasteiger partial charge on any atom is 0.252 e. The van der Waals surface area contributed by atoms with Crippen LogP contribution in [0.25, 0.3) is 10.9 Å². The summed E-state index contributed by atoms with van der Waals surface area (Å²) in [6.45, 7) is 3.04. The summed E-state index contributed by atoms with van der Waals surface area (Å²) in [6, 6.07) is 9.39. The summed E-state index contributed by atoms with van der Waals surface area (Å²) in [5, 5.41) is 0.689. The predicted molar refractivity (Wildman–Crippen MR) is 113 cm³/mol. The Hall–Kier alpha value is -3.24. The van der Waals surface area contributed by atoms with Crippen molar-refractivity contribution < 1.29 is 13.2 Å². The van der Waals surface area contributed by atoms with Crippen molar-refractivity contribution in [3.8, 4) is 0 Å². The lowest BCUT2D eigenvalue weighted by atomic mass is 10.1. The Kier molecular flexibility index (Phi) is 5.04. The van der Waals surface area contributed by atoms with E-state index in [9.17, 15) is 18.0 Å². The number of rotatable bonds is 4. The van der Waals surface area contributed by atoms with Gasteiger partial charge in [0, 0.05) is 49.3 Å². The lowest BCUT2D eigenvalue weighted by Crippen LogP contribution is -2.49. The highest BCUT2D eigenvalue weighted by molar-refractivity contribution is 7.89. The number of primary amides is 1. The number of nitrogens with one attached hydrogen (secondary N) is 1. The molecule has 1 aliphatic rings. The van der Waals surface area contributed by atoms with Gasteiger partial charge in [0.2, 0.25) is 15.6 Å². The molecule has 1 saturated heterocycles. The molecule has 10 heteroatoms. The van der Waals surface area contributed by atoms with Crippen LogP contribution >= 0.6 is 0 Å². The number of piperazine rings is 1. The fourth-order valence-electron chi connectivity index (χ4n) is 3.69. The molecule has 0 atom stereocenters. The summed E-state index contributed by atoms with van der Waals surface area (Å²) in [5.41, 5.74) is 6.82. The third kappa shape index (κ3) is 3.55. The van der Waals surface area contributed by atoms with Gasteiger partial charge in [0.25, 0.3) is 5.91 Å². The molecule has 3 heterocycles. The van der Waals surface area contributed by atoms with Crippen molar-refractivity contribution in [3.63, 3.8) is 0 Å². The lowest BCUT2D eigenvalue weighted by Gasteiger charge is -2.35. The van der Waals surface area contributed by atoms with E-state index >= 15 is 0 Å². The minimum absolute atomic E-state index is 0.175. The third-order valence-corrected chi connectivity index (χ3v) is 7.14. The normalized spacial score (nSPS) is 15.4. The molecule has 30 heavy (non-hydrogen) atoms. The van der Waals surface area contributed by atoms with E-state index in [1.54, 1.807) is 37.4 Å². The molecule has 156 valence electrons. The van der Waals surface area contributed by atoms with Crippen molar-refractivity contribution in [1.82, 2.24) is 14.3 Å². The minimum atomic E-state index is -3.71. The van der Waals surface area contributed by atoms with Crippen LogP contribution in [0.5, 0.6) is 0 Å². The second kappa shape index (κ2) is 7.54. The molecule has 0 unspecified atom stereocenters. The number of amides is 1. The molecule has 1 fully saturated rings. The maximum absolute atomic E-state index is 13.2. The number of aryl methyl sites for hydroxylation is 1. The van der Waals surface area contributed by atoms with E-state index in [1.807, 2.05) is 4.90 Å². The van der Waals surface area contributed by atoms with E-state index in [0.29, 0.717) is 40.9 Å². The van der Waals surface area contributed by atoms with E-state index in [2.05, 4.69) is 9.97 Å². The zero-order valence-corrected chi connectivity index (χ0v) is 17.1. The van der Waals surface area contributed by atoms with Crippen LogP contribution < -0.4 is 16.2 Å². The Bertz CT molecular complexity index is 1290. The number of carbonyl (C=O) groups excluding carboxylic acids is 1. The van der Waals surface area contributed by atoms with Gasteiger partial charge in [-0.25, -0.2) is 13.4 Å². The maximum atomic E-state index is 13.2. The number of pyridine rings is 2. The van der Waals surface area contributed by atoms with Crippen molar-refractivity contribution in [2.45, 2.75) is 11.8 Å². The molecule has 0 radical (unpaired) electrons. The molecule has 3 N–H and O–H groups in total. The monoisotopic (exact) mass is 427 g/mol. The number of fused-ring (bicyclic) bond motifs is 1. The Morgan fingerprint density at radius 2 is 1.87 bits per heavy atom. The van der Waals surface area contributed by atoms with Crippen molar-refractivity contribution >= 4 is 32.7 Å². The van der Waals surface area contributed by atoms with Crippen molar-refractivity contribution in [2.24, 2.45) is 5.73 Å². The number of carbonyl (C=O) groups is 1. The number of aromatic amines is 1. The first-order chi connectivity index (χ1) is 14.3. The van der Waals surface area contributed by atoms with E-state index in [4.69, 9.17) is 5.73 Å². The van der Waals surface area contributed by atoms with Gasteiger partial charge in [-0.15, -0.1) is 0 Å². The van der Waals surface area contributed by atoms with Crippen LogP contribution in [0.15, 0.2) is 52.3 Å². The Morgan fingerprint density at radius 1 is 1.13 bits per heavy atom. The number of sulfonamides is 1. The number of hydrogen-bond donors (Lipinski definition) is 2. The average Bonchev–Trinajstić information content (AvgIpc) is 2.73. The summed E-state index contributed by atoms with van der Waals surface area (Å²) in [4.78, 5) is 32.3. The highest BCUT2D eigenvalue weighted by Crippen LogP contribution is 2.25. The van der Waals surface area contributed by atoms with Gasteiger partial charge in [-0.2, -0.15) is 4.31 Å². The lowest BCUT2D eigenvalue weighted by molar-refractivity contribution is 0.1000. The van der Waals surface area contributed by atoms with Crippen LogP contribution in [0.3, 0.4) is 0 Å². The molecule has 1 aromatic carbocycles. The second-order valence-corrected chi connectivity index (χ2v) is 9.09. The Morgan fingerprint density at radius 3 is 2.57 bits per heavy atom. The number of benzene rings is 1. The van der Waals surface area contributed by atoms with Gasteiger partial charge < -0.3 is 15.6 Å². The molecule has 0 bridgehead atoms. The standard InChI is InChI=1S/C20H21N5O4S/c1-13-11-18(26)23-17-5-4-14(12-16(13)17)30(28,29)25-9-7-24(8-10-25)20-15(19(21)27)3-2-6-22-20/h2-6,11-12H,7-10H2,1H3,(H2,21,27)(H,23,26). The van der Waals surface area contributed by atoms with Gasteiger partial charge in [0.15, 0.2) is 0 Å². The van der Waals surface area contributed by atoms with Gasteiger partial charge in [-0.3, -0.25) is 9.59 Å². The summed E-state index contributed by atoms with van der Waals surface area (Å²) < 4.78 is 27.8. The van der Waals surface area contributed by atoms with Crippen LogP contribution in [0.4, 0.5) is 5.82 Å². The minimum Gasteiger partial charge on any atom is -0.365 e. The molecule has 0 spiro atoms. The van der Waals surface area contributed by atoms with Crippen LogP contribution in [-0.2, 0) is 10.0 Å². The quantitative estimate of drug-likeness (QED) is 0.635. The van der Waals surface area contributed by atoms with E-state index in [1.165, 1.54) is 16.4 Å². The van der Waals surface area contributed by atoms with E-state index < -0.39 is 15.9 Å². The number of aromatic nitrogens is 2. The van der Waals surface area contributed by atoms with E-state index in [-0.39, 0.29) is 23.5 Å². The average molecular weight is 427 g/mol. The fraction of sp³-hybridized carbons (Fsp3) is 0.250. The van der Waals surface area contributed by atoms with Gasteiger partial charge in [-0.1, -0.05) is 0 Å². The molecule has 2 aromatic heterocycles.